The Bertz CT molecular complexity index is 918. The van der Waals surface area contributed by atoms with Crippen molar-refractivity contribution in [2.75, 3.05) is 13.1 Å². The van der Waals surface area contributed by atoms with Crippen LogP contribution in [0.25, 0.3) is 16.8 Å². The van der Waals surface area contributed by atoms with Crippen LogP contribution in [0.4, 0.5) is 0 Å². The van der Waals surface area contributed by atoms with Crippen molar-refractivity contribution in [2.45, 2.75) is 25.8 Å². The number of aromatic nitrogens is 3. The average molecular weight is 398 g/mol. The molecule has 1 saturated heterocycles. The van der Waals surface area contributed by atoms with Crippen LogP contribution in [0, 0.1) is 6.92 Å². The highest BCUT2D eigenvalue weighted by Crippen LogP contribution is 2.21. The number of rotatable bonds is 4. The predicted octanol–water partition coefficient (Wildman–Crippen LogP) is 3.15. The van der Waals surface area contributed by atoms with Crippen molar-refractivity contribution in [1.29, 1.82) is 0 Å². The van der Waals surface area contributed by atoms with Crippen LogP contribution in [-0.4, -0.2) is 40.0 Å². The minimum atomic E-state index is -0.147. The minimum Gasteiger partial charge on any atom is -0.348 e. The van der Waals surface area contributed by atoms with E-state index in [1.807, 2.05) is 37.3 Å². The molecule has 1 aliphatic rings. The lowest BCUT2D eigenvalue weighted by molar-refractivity contribution is 0.0923. The van der Waals surface area contributed by atoms with Gasteiger partial charge < -0.3 is 10.6 Å². The van der Waals surface area contributed by atoms with Gasteiger partial charge >= 0.3 is 0 Å². The largest absolute Gasteiger partial charge is 0.348 e. The molecule has 0 bridgehead atoms. The molecule has 0 radical (unpaired) electrons. The maximum absolute atomic E-state index is 12.6. The first kappa shape index (κ1) is 20.0. The first-order valence-electron chi connectivity index (χ1n) is 9.32. The molecule has 3 aromatic rings. The monoisotopic (exact) mass is 397 g/mol. The summed E-state index contributed by atoms with van der Waals surface area (Å²) in [5, 5.41) is 14.7. The van der Waals surface area contributed by atoms with E-state index in [0.29, 0.717) is 5.69 Å². The summed E-state index contributed by atoms with van der Waals surface area (Å²) in [5.41, 5.74) is 4.33. The summed E-state index contributed by atoms with van der Waals surface area (Å²) in [5.74, 6) is -0.147. The summed E-state index contributed by atoms with van der Waals surface area (Å²) < 4.78 is 1.71. The maximum Gasteiger partial charge on any atom is 0.273 e. The van der Waals surface area contributed by atoms with Gasteiger partial charge in [-0.25, -0.2) is 4.68 Å². The van der Waals surface area contributed by atoms with E-state index in [1.165, 1.54) is 5.56 Å². The van der Waals surface area contributed by atoms with Gasteiger partial charge in [0.25, 0.3) is 5.91 Å². The van der Waals surface area contributed by atoms with E-state index in [4.69, 9.17) is 0 Å². The minimum absolute atomic E-state index is 0. The Hall–Kier alpha value is -2.70. The number of carbonyl (C=O) groups is 1. The highest BCUT2D eigenvalue weighted by molar-refractivity contribution is 5.93. The van der Waals surface area contributed by atoms with Crippen molar-refractivity contribution < 1.29 is 4.79 Å². The van der Waals surface area contributed by atoms with Crippen molar-refractivity contribution in [3.05, 3.63) is 66.0 Å². The van der Waals surface area contributed by atoms with Gasteiger partial charge in [-0.15, -0.1) is 17.5 Å². The molecule has 0 atom stereocenters. The molecular weight excluding hydrogens is 374 g/mol. The molecule has 1 amide bonds. The first-order valence-corrected chi connectivity index (χ1v) is 9.32. The van der Waals surface area contributed by atoms with Crippen molar-refractivity contribution in [3.63, 3.8) is 0 Å². The molecule has 2 heterocycles. The molecule has 2 N–H and O–H groups in total. The molecule has 1 fully saturated rings. The molecule has 1 aliphatic heterocycles. The molecule has 28 heavy (non-hydrogen) atoms. The Labute approximate surface area is 170 Å². The van der Waals surface area contributed by atoms with E-state index < -0.39 is 0 Å². The van der Waals surface area contributed by atoms with Crippen molar-refractivity contribution >= 4 is 18.3 Å². The fourth-order valence-corrected chi connectivity index (χ4v) is 3.43. The van der Waals surface area contributed by atoms with Gasteiger partial charge in [0.15, 0.2) is 5.69 Å². The average Bonchev–Trinajstić information content (AvgIpc) is 3.11. The highest BCUT2D eigenvalue weighted by Gasteiger charge is 2.21. The molecule has 0 aliphatic carbocycles. The Balaban J connectivity index is 0.00000225. The number of nitrogens with zero attached hydrogens (tertiary/aromatic N) is 3. The van der Waals surface area contributed by atoms with Gasteiger partial charge in [-0.2, -0.15) is 0 Å². The fourth-order valence-electron chi connectivity index (χ4n) is 3.43. The van der Waals surface area contributed by atoms with E-state index in [0.717, 1.165) is 42.9 Å². The topological polar surface area (TPSA) is 71.8 Å². The number of benzene rings is 2. The Kier molecular flexibility index (Phi) is 6.44. The fraction of sp³-hybridized carbons (Fsp3) is 0.286. The van der Waals surface area contributed by atoms with E-state index in [2.05, 4.69) is 45.2 Å². The van der Waals surface area contributed by atoms with E-state index in [9.17, 15) is 4.79 Å². The summed E-state index contributed by atoms with van der Waals surface area (Å²) in [6.07, 6.45) is 1.89. The van der Waals surface area contributed by atoms with Crippen LogP contribution >= 0.6 is 12.4 Å². The Morgan fingerprint density at radius 3 is 2.36 bits per heavy atom. The zero-order chi connectivity index (χ0) is 18.6. The van der Waals surface area contributed by atoms with Crippen LogP contribution in [0.15, 0.2) is 54.6 Å². The molecule has 2 aromatic carbocycles. The lowest BCUT2D eigenvalue weighted by Crippen LogP contribution is -2.43. The van der Waals surface area contributed by atoms with Gasteiger partial charge in [-0.3, -0.25) is 4.79 Å². The van der Waals surface area contributed by atoms with E-state index in [-0.39, 0.29) is 24.4 Å². The number of amides is 1. The molecule has 0 spiro atoms. The number of nitrogens with one attached hydrogen (secondary N) is 2. The standard InChI is InChI=1S/C21H23N5O.ClH/c1-15-20(21(27)23-18-11-13-22-14-12-18)24-25-26(15)19-9-7-17(8-10-19)16-5-3-2-4-6-16;/h2-10,18,22H,11-14H2,1H3,(H,23,27);1H. The van der Waals surface area contributed by atoms with Gasteiger partial charge in [-0.1, -0.05) is 47.7 Å². The summed E-state index contributed by atoms with van der Waals surface area (Å²) in [4.78, 5) is 12.6. The number of piperidine rings is 1. The third-order valence-electron chi connectivity index (χ3n) is 5.00. The molecule has 0 saturated carbocycles. The molecule has 6 nitrogen and oxygen atoms in total. The highest BCUT2D eigenvalue weighted by atomic mass is 35.5. The van der Waals surface area contributed by atoms with Crippen LogP contribution in [0.2, 0.25) is 0 Å². The van der Waals surface area contributed by atoms with Crippen molar-refractivity contribution in [2.24, 2.45) is 0 Å². The first-order chi connectivity index (χ1) is 13.2. The maximum atomic E-state index is 12.6. The van der Waals surface area contributed by atoms with Crippen LogP contribution in [0.5, 0.6) is 0 Å². The van der Waals surface area contributed by atoms with Crippen molar-refractivity contribution in [1.82, 2.24) is 25.6 Å². The Morgan fingerprint density at radius 2 is 1.68 bits per heavy atom. The zero-order valence-corrected chi connectivity index (χ0v) is 16.6. The lowest BCUT2D eigenvalue weighted by atomic mass is 10.1. The summed E-state index contributed by atoms with van der Waals surface area (Å²) in [7, 11) is 0. The quantitative estimate of drug-likeness (QED) is 0.709. The van der Waals surface area contributed by atoms with Gasteiger partial charge in [0, 0.05) is 6.04 Å². The molecule has 1 aromatic heterocycles. The van der Waals surface area contributed by atoms with Gasteiger partial charge in [0.1, 0.15) is 0 Å². The third-order valence-corrected chi connectivity index (χ3v) is 5.00. The van der Waals surface area contributed by atoms with Gasteiger partial charge in [-0.05, 0) is 56.1 Å². The molecule has 7 heteroatoms. The van der Waals surface area contributed by atoms with E-state index in [1.54, 1.807) is 4.68 Å². The molecule has 4 rings (SSSR count). The number of halogens is 1. The summed E-state index contributed by atoms with van der Waals surface area (Å²) in [6.45, 7) is 3.75. The lowest BCUT2D eigenvalue weighted by Gasteiger charge is -2.23. The summed E-state index contributed by atoms with van der Waals surface area (Å²) in [6, 6.07) is 18.5. The van der Waals surface area contributed by atoms with Gasteiger partial charge in [0.05, 0.1) is 11.4 Å². The molecule has 146 valence electrons. The van der Waals surface area contributed by atoms with Crippen LogP contribution in [-0.2, 0) is 0 Å². The van der Waals surface area contributed by atoms with E-state index >= 15 is 0 Å². The predicted molar refractivity (Wildman–Crippen MR) is 112 cm³/mol. The number of hydrogen-bond donors (Lipinski definition) is 2. The van der Waals surface area contributed by atoms with Gasteiger partial charge in [0.2, 0.25) is 0 Å². The smallest absolute Gasteiger partial charge is 0.273 e. The second kappa shape index (κ2) is 8.99. The zero-order valence-electron chi connectivity index (χ0n) is 15.8. The summed E-state index contributed by atoms with van der Waals surface area (Å²) >= 11 is 0. The normalized spacial score (nSPS) is 14.3. The third kappa shape index (κ3) is 4.24. The van der Waals surface area contributed by atoms with Crippen molar-refractivity contribution in [3.8, 4) is 16.8 Å². The van der Waals surface area contributed by atoms with Crippen LogP contribution in [0.3, 0.4) is 0 Å². The van der Waals surface area contributed by atoms with Crippen LogP contribution in [0.1, 0.15) is 29.0 Å². The molecular formula is C21H24ClN5O. The SMILES string of the molecule is Cc1c(C(=O)NC2CCNCC2)nnn1-c1ccc(-c2ccccc2)cc1.Cl. The van der Waals surface area contributed by atoms with Crippen LogP contribution < -0.4 is 10.6 Å². The number of carbonyl (C=O) groups excluding carboxylic acids is 1. The second-order valence-electron chi connectivity index (χ2n) is 6.85. The Morgan fingerprint density at radius 1 is 1.04 bits per heavy atom. The number of hydrogen-bond acceptors (Lipinski definition) is 4. The molecule has 0 unspecified atom stereocenters. The second-order valence-corrected chi connectivity index (χ2v) is 6.85.